The van der Waals surface area contributed by atoms with E-state index in [2.05, 4.69) is 19.1 Å². The number of hydrogen-bond donors (Lipinski definition) is 3. The predicted octanol–water partition coefficient (Wildman–Crippen LogP) is 5.82. The van der Waals surface area contributed by atoms with Gasteiger partial charge in [0.15, 0.2) is 0 Å². The molecule has 0 aliphatic heterocycles. The summed E-state index contributed by atoms with van der Waals surface area (Å²) in [7, 11) is 0. The predicted molar refractivity (Wildman–Crippen MR) is 111 cm³/mol. The number of allylic oxidation sites excluding steroid dienone is 2. The van der Waals surface area contributed by atoms with E-state index in [1.54, 1.807) is 0 Å². The molecule has 3 N–H and O–H groups in total. The molecule has 0 aromatic heterocycles. The number of carbonyl (C=O) groups is 3. The van der Waals surface area contributed by atoms with Crippen molar-refractivity contribution in [3.8, 4) is 0 Å². The summed E-state index contributed by atoms with van der Waals surface area (Å²) in [6.07, 6.45) is 22.4. The molecule has 28 heavy (non-hydrogen) atoms. The lowest BCUT2D eigenvalue weighted by Crippen LogP contribution is -1.93. The van der Waals surface area contributed by atoms with E-state index in [0.717, 1.165) is 12.8 Å². The standard InChI is InChI=1S/C18H34O2.C4H4O4/c1-2-3-4-5-6-7-8-9-10-11-12-13-14-15-16-17-18(19)20;5-3(6)1-2-4(7)8/h9-10H,2-8,11-17H2,1H3,(H,19,20);1-2H,(H,5,6)(H,7,8)/b10-9-;2-1-. The zero-order chi connectivity index (χ0) is 21.5. The Morgan fingerprint density at radius 1 is 0.607 bits per heavy atom. The van der Waals surface area contributed by atoms with Gasteiger partial charge in [-0.2, -0.15) is 0 Å². The fourth-order valence-corrected chi connectivity index (χ4v) is 2.49. The monoisotopic (exact) mass is 398 g/mol. The van der Waals surface area contributed by atoms with Gasteiger partial charge in [-0.05, 0) is 32.1 Å². The molecule has 0 aliphatic carbocycles. The molecule has 162 valence electrons. The lowest BCUT2D eigenvalue weighted by Gasteiger charge is -1.99. The smallest absolute Gasteiger partial charge is 0.328 e. The van der Waals surface area contributed by atoms with Crippen LogP contribution in [0.5, 0.6) is 0 Å². The van der Waals surface area contributed by atoms with E-state index in [1.807, 2.05) is 0 Å². The summed E-state index contributed by atoms with van der Waals surface area (Å²) in [5.74, 6) is -3.18. The van der Waals surface area contributed by atoms with Gasteiger partial charge in [0.2, 0.25) is 0 Å². The third-order valence-corrected chi connectivity index (χ3v) is 4.02. The lowest BCUT2D eigenvalue weighted by molar-refractivity contribution is -0.137. The number of unbranched alkanes of at least 4 members (excludes halogenated alkanes) is 11. The van der Waals surface area contributed by atoms with Crippen LogP contribution in [0, 0.1) is 0 Å². The first-order valence-electron chi connectivity index (χ1n) is 10.4. The van der Waals surface area contributed by atoms with Crippen molar-refractivity contribution in [3.63, 3.8) is 0 Å². The van der Waals surface area contributed by atoms with Crippen molar-refractivity contribution in [2.24, 2.45) is 0 Å². The molecule has 0 rings (SSSR count). The second kappa shape index (κ2) is 22.9. The van der Waals surface area contributed by atoms with Crippen molar-refractivity contribution in [1.82, 2.24) is 0 Å². The summed E-state index contributed by atoms with van der Waals surface area (Å²) in [6.45, 7) is 2.26. The number of rotatable bonds is 17. The van der Waals surface area contributed by atoms with Crippen LogP contribution in [0.25, 0.3) is 0 Å². The Morgan fingerprint density at radius 3 is 1.39 bits per heavy atom. The first-order chi connectivity index (χ1) is 13.4. The summed E-state index contributed by atoms with van der Waals surface area (Å²) in [6, 6.07) is 0. The highest BCUT2D eigenvalue weighted by atomic mass is 16.4. The lowest BCUT2D eigenvalue weighted by atomic mass is 10.1. The van der Waals surface area contributed by atoms with Crippen molar-refractivity contribution >= 4 is 17.9 Å². The Morgan fingerprint density at radius 2 is 1.00 bits per heavy atom. The zero-order valence-electron chi connectivity index (χ0n) is 17.3. The van der Waals surface area contributed by atoms with Gasteiger partial charge in [0.1, 0.15) is 0 Å². The molecule has 0 unspecified atom stereocenters. The van der Waals surface area contributed by atoms with Gasteiger partial charge in [-0.1, -0.05) is 70.4 Å². The summed E-state index contributed by atoms with van der Waals surface area (Å²) in [4.78, 5) is 29.4. The molecule has 0 atom stereocenters. The maximum atomic E-state index is 10.3. The largest absolute Gasteiger partial charge is 0.481 e. The average Bonchev–Trinajstić information content (AvgIpc) is 2.63. The summed E-state index contributed by atoms with van der Waals surface area (Å²) in [5.41, 5.74) is 0. The topological polar surface area (TPSA) is 112 Å². The van der Waals surface area contributed by atoms with E-state index >= 15 is 0 Å². The van der Waals surface area contributed by atoms with Gasteiger partial charge in [0.25, 0.3) is 0 Å². The minimum absolute atomic E-state index is 0.332. The van der Waals surface area contributed by atoms with E-state index in [-0.39, 0.29) is 0 Å². The summed E-state index contributed by atoms with van der Waals surface area (Å²) >= 11 is 0. The number of aliphatic carboxylic acids is 3. The first-order valence-corrected chi connectivity index (χ1v) is 10.4. The van der Waals surface area contributed by atoms with Crippen LogP contribution in [-0.2, 0) is 14.4 Å². The Labute approximate surface area is 169 Å². The molecule has 0 saturated heterocycles. The van der Waals surface area contributed by atoms with Crippen molar-refractivity contribution in [2.45, 2.75) is 96.8 Å². The molecular weight excluding hydrogens is 360 g/mol. The molecule has 0 aliphatic rings. The van der Waals surface area contributed by atoms with Gasteiger partial charge in [0, 0.05) is 18.6 Å². The van der Waals surface area contributed by atoms with Gasteiger partial charge >= 0.3 is 17.9 Å². The van der Waals surface area contributed by atoms with Crippen LogP contribution in [0.4, 0.5) is 0 Å². The van der Waals surface area contributed by atoms with Gasteiger partial charge in [-0.3, -0.25) is 4.79 Å². The van der Waals surface area contributed by atoms with Crippen LogP contribution in [0.3, 0.4) is 0 Å². The maximum absolute atomic E-state index is 10.3. The van der Waals surface area contributed by atoms with Crippen molar-refractivity contribution in [2.75, 3.05) is 0 Å². The van der Waals surface area contributed by atoms with Crippen LogP contribution in [0.15, 0.2) is 24.3 Å². The number of carboxylic acid groups (broad SMARTS) is 3. The highest BCUT2D eigenvalue weighted by Gasteiger charge is 1.95. The second-order valence-corrected chi connectivity index (χ2v) is 6.74. The molecule has 0 bridgehead atoms. The molecule has 0 aromatic rings. The Balaban J connectivity index is 0. The SMILES string of the molecule is CCCCCCCC/C=C\CCCCCCCC(=O)O.O=C(O)/C=C\C(=O)O. The molecule has 0 radical (unpaired) electrons. The molecule has 0 amide bonds. The van der Waals surface area contributed by atoms with Crippen LogP contribution in [0.2, 0.25) is 0 Å². The molecular formula is C22H38O6. The summed E-state index contributed by atoms with van der Waals surface area (Å²) in [5, 5.41) is 24.1. The third-order valence-electron chi connectivity index (χ3n) is 4.02. The quantitative estimate of drug-likeness (QED) is 0.162. The van der Waals surface area contributed by atoms with Crippen molar-refractivity contribution in [1.29, 1.82) is 0 Å². The molecule has 0 spiro atoms. The highest BCUT2D eigenvalue weighted by Crippen LogP contribution is 2.09. The average molecular weight is 399 g/mol. The van der Waals surface area contributed by atoms with E-state index in [1.165, 1.54) is 70.6 Å². The zero-order valence-corrected chi connectivity index (χ0v) is 17.3. The number of carboxylic acids is 3. The Kier molecular flexibility index (Phi) is 23.0. The van der Waals surface area contributed by atoms with Crippen LogP contribution in [-0.4, -0.2) is 33.2 Å². The minimum Gasteiger partial charge on any atom is -0.481 e. The fourth-order valence-electron chi connectivity index (χ4n) is 2.49. The number of hydrogen-bond acceptors (Lipinski definition) is 3. The fraction of sp³-hybridized carbons (Fsp3) is 0.682. The Hall–Kier alpha value is -2.11. The van der Waals surface area contributed by atoms with Crippen molar-refractivity contribution < 1.29 is 29.7 Å². The molecule has 6 heteroatoms. The normalized spacial score (nSPS) is 10.8. The van der Waals surface area contributed by atoms with E-state index in [0.29, 0.717) is 18.6 Å². The van der Waals surface area contributed by atoms with Gasteiger partial charge < -0.3 is 15.3 Å². The second-order valence-electron chi connectivity index (χ2n) is 6.74. The van der Waals surface area contributed by atoms with E-state index in [4.69, 9.17) is 15.3 Å². The maximum Gasteiger partial charge on any atom is 0.328 e. The Bertz CT molecular complexity index is 438. The highest BCUT2D eigenvalue weighted by molar-refractivity contribution is 5.89. The van der Waals surface area contributed by atoms with Gasteiger partial charge in [-0.15, -0.1) is 0 Å². The van der Waals surface area contributed by atoms with Crippen LogP contribution in [0.1, 0.15) is 96.8 Å². The van der Waals surface area contributed by atoms with Crippen LogP contribution >= 0.6 is 0 Å². The minimum atomic E-state index is -1.26. The van der Waals surface area contributed by atoms with Crippen LogP contribution < -0.4 is 0 Å². The molecule has 0 aromatic carbocycles. The first kappa shape index (κ1) is 28.1. The molecule has 6 nitrogen and oxygen atoms in total. The van der Waals surface area contributed by atoms with E-state index in [9.17, 15) is 14.4 Å². The molecule has 0 fully saturated rings. The molecule has 0 heterocycles. The molecule has 0 saturated carbocycles. The third kappa shape index (κ3) is 31.6. The summed E-state index contributed by atoms with van der Waals surface area (Å²) < 4.78 is 0. The van der Waals surface area contributed by atoms with Crippen molar-refractivity contribution in [3.05, 3.63) is 24.3 Å². The van der Waals surface area contributed by atoms with Gasteiger partial charge in [0.05, 0.1) is 0 Å². The van der Waals surface area contributed by atoms with E-state index < -0.39 is 17.9 Å². The van der Waals surface area contributed by atoms with Gasteiger partial charge in [-0.25, -0.2) is 9.59 Å².